The van der Waals surface area contributed by atoms with Crippen LogP contribution in [0, 0.1) is 0 Å². The lowest BCUT2D eigenvalue weighted by molar-refractivity contribution is 0.171. The van der Waals surface area contributed by atoms with Gasteiger partial charge in [-0.1, -0.05) is 18.2 Å². The summed E-state index contributed by atoms with van der Waals surface area (Å²) < 4.78 is 21.3. The zero-order valence-electron chi connectivity index (χ0n) is 12.5. The van der Waals surface area contributed by atoms with Crippen LogP contribution in [0.5, 0.6) is 23.0 Å². The van der Waals surface area contributed by atoms with E-state index in [1.165, 1.54) is 0 Å². The van der Waals surface area contributed by atoms with E-state index in [1.54, 1.807) is 14.2 Å². The molecule has 1 aliphatic rings. The maximum Gasteiger partial charge on any atom is 0.231 e. The van der Waals surface area contributed by atoms with E-state index in [-0.39, 0.29) is 6.79 Å². The minimum absolute atomic E-state index is 0.216. The predicted octanol–water partition coefficient (Wildman–Crippen LogP) is 3.19. The summed E-state index contributed by atoms with van der Waals surface area (Å²) in [4.78, 5) is 0. The number of nitrogen functional groups attached to an aromatic ring is 1. The molecule has 1 aliphatic heterocycles. The summed E-state index contributed by atoms with van der Waals surface area (Å²) in [5.41, 5.74) is 8.44. The molecule has 0 amide bonds. The molecule has 22 heavy (non-hydrogen) atoms. The lowest BCUT2D eigenvalue weighted by Gasteiger charge is -2.06. The van der Waals surface area contributed by atoms with Crippen molar-refractivity contribution in [2.75, 3.05) is 26.7 Å². The molecule has 0 aliphatic carbocycles. The summed E-state index contributed by atoms with van der Waals surface area (Å²) in [7, 11) is 3.20. The highest BCUT2D eigenvalue weighted by Crippen LogP contribution is 2.42. The van der Waals surface area contributed by atoms with Crippen LogP contribution in [0.2, 0.25) is 0 Å². The smallest absolute Gasteiger partial charge is 0.231 e. The first kappa shape index (κ1) is 14.1. The number of hydrogen-bond donors (Lipinski definition) is 1. The summed E-state index contributed by atoms with van der Waals surface area (Å²) in [6.45, 7) is 0.216. The second-order valence-electron chi connectivity index (χ2n) is 4.79. The minimum Gasteiger partial charge on any atom is -0.495 e. The van der Waals surface area contributed by atoms with Gasteiger partial charge in [0.05, 0.1) is 19.9 Å². The molecular formula is C17H17NO4. The normalized spacial score (nSPS) is 12.6. The van der Waals surface area contributed by atoms with Crippen LogP contribution < -0.4 is 24.7 Å². The number of anilines is 1. The first-order valence-corrected chi connectivity index (χ1v) is 6.80. The zero-order chi connectivity index (χ0) is 15.5. The third-order valence-electron chi connectivity index (χ3n) is 3.40. The average Bonchev–Trinajstić information content (AvgIpc) is 3.00. The Morgan fingerprint density at radius 2 is 1.73 bits per heavy atom. The van der Waals surface area contributed by atoms with Gasteiger partial charge in [-0.05, 0) is 35.4 Å². The molecule has 0 fully saturated rings. The molecule has 2 N–H and O–H groups in total. The average molecular weight is 299 g/mol. The molecule has 5 nitrogen and oxygen atoms in total. The van der Waals surface area contributed by atoms with Gasteiger partial charge in [-0.2, -0.15) is 0 Å². The zero-order valence-corrected chi connectivity index (χ0v) is 12.5. The second-order valence-corrected chi connectivity index (χ2v) is 4.79. The number of rotatable bonds is 4. The third kappa shape index (κ3) is 2.65. The Bertz CT molecular complexity index is 725. The number of hydrogen-bond acceptors (Lipinski definition) is 5. The van der Waals surface area contributed by atoms with Gasteiger partial charge in [0.2, 0.25) is 12.5 Å². The summed E-state index contributed by atoms with van der Waals surface area (Å²) in [6.07, 6.45) is 3.93. The summed E-state index contributed by atoms with van der Waals surface area (Å²) in [6, 6.07) is 9.45. The van der Waals surface area contributed by atoms with Gasteiger partial charge >= 0.3 is 0 Å². The Balaban J connectivity index is 1.88. The van der Waals surface area contributed by atoms with Gasteiger partial charge in [0.1, 0.15) is 5.75 Å². The van der Waals surface area contributed by atoms with Gasteiger partial charge in [-0.25, -0.2) is 0 Å². The first-order chi connectivity index (χ1) is 10.7. The quantitative estimate of drug-likeness (QED) is 0.694. The molecule has 114 valence electrons. The van der Waals surface area contributed by atoms with Gasteiger partial charge in [-0.15, -0.1) is 0 Å². The lowest BCUT2D eigenvalue weighted by Crippen LogP contribution is -1.93. The van der Waals surface area contributed by atoms with Crippen molar-refractivity contribution in [1.29, 1.82) is 0 Å². The van der Waals surface area contributed by atoms with Gasteiger partial charge in [-0.3, -0.25) is 0 Å². The van der Waals surface area contributed by atoms with Crippen LogP contribution in [0.1, 0.15) is 11.1 Å². The monoisotopic (exact) mass is 299 g/mol. The predicted molar refractivity (Wildman–Crippen MR) is 85.5 cm³/mol. The SMILES string of the molecule is COc1ccc(/C=C/c2cc(OC)c3c(c2)OCO3)cc1N. The molecule has 3 rings (SSSR count). The fourth-order valence-electron chi connectivity index (χ4n) is 2.30. The molecule has 2 aromatic rings. The molecule has 0 atom stereocenters. The maximum absolute atomic E-state index is 5.90. The van der Waals surface area contributed by atoms with E-state index in [0.717, 1.165) is 11.1 Å². The lowest BCUT2D eigenvalue weighted by atomic mass is 10.1. The number of benzene rings is 2. The second kappa shape index (κ2) is 5.89. The standard InChI is InChI=1S/C17H17NO4/c1-19-14-6-5-11(7-13(14)18)3-4-12-8-15(20-2)17-16(9-12)21-10-22-17/h3-9H,10,18H2,1-2H3/b4-3+. The topological polar surface area (TPSA) is 62.9 Å². The van der Waals surface area contributed by atoms with E-state index < -0.39 is 0 Å². The largest absolute Gasteiger partial charge is 0.495 e. The van der Waals surface area contributed by atoms with Crippen LogP contribution in [0.3, 0.4) is 0 Å². The van der Waals surface area contributed by atoms with Crippen molar-refractivity contribution in [2.45, 2.75) is 0 Å². The highest BCUT2D eigenvalue weighted by atomic mass is 16.7. The first-order valence-electron chi connectivity index (χ1n) is 6.80. The fraction of sp³-hybridized carbons (Fsp3) is 0.176. The molecule has 0 saturated carbocycles. The van der Waals surface area contributed by atoms with E-state index in [9.17, 15) is 0 Å². The summed E-state index contributed by atoms with van der Waals surface area (Å²) in [5, 5.41) is 0. The highest BCUT2D eigenvalue weighted by molar-refractivity contribution is 5.74. The molecule has 0 bridgehead atoms. The Morgan fingerprint density at radius 1 is 0.955 bits per heavy atom. The molecule has 0 unspecified atom stereocenters. The van der Waals surface area contributed by atoms with Crippen LogP contribution in [-0.4, -0.2) is 21.0 Å². The van der Waals surface area contributed by atoms with E-state index in [4.69, 9.17) is 24.7 Å². The van der Waals surface area contributed by atoms with Gasteiger partial charge in [0, 0.05) is 0 Å². The number of ether oxygens (including phenoxy) is 4. The van der Waals surface area contributed by atoms with Crippen molar-refractivity contribution < 1.29 is 18.9 Å². The van der Waals surface area contributed by atoms with Crippen LogP contribution in [-0.2, 0) is 0 Å². The van der Waals surface area contributed by atoms with Crippen molar-refractivity contribution in [3.05, 3.63) is 41.5 Å². The Morgan fingerprint density at radius 3 is 2.45 bits per heavy atom. The molecule has 0 aromatic heterocycles. The van der Waals surface area contributed by atoms with Gasteiger partial charge < -0.3 is 24.7 Å². The van der Waals surface area contributed by atoms with Gasteiger partial charge in [0.25, 0.3) is 0 Å². The van der Waals surface area contributed by atoms with Crippen molar-refractivity contribution in [3.8, 4) is 23.0 Å². The summed E-state index contributed by atoms with van der Waals surface area (Å²) in [5.74, 6) is 2.66. The van der Waals surface area contributed by atoms with Crippen molar-refractivity contribution in [2.24, 2.45) is 0 Å². The molecule has 0 saturated heterocycles. The van der Waals surface area contributed by atoms with Crippen LogP contribution >= 0.6 is 0 Å². The Hall–Kier alpha value is -2.82. The molecule has 1 heterocycles. The molecule has 0 radical (unpaired) electrons. The Kier molecular flexibility index (Phi) is 3.78. The van der Waals surface area contributed by atoms with E-state index in [0.29, 0.717) is 28.7 Å². The molecule has 0 spiro atoms. The van der Waals surface area contributed by atoms with E-state index >= 15 is 0 Å². The van der Waals surface area contributed by atoms with Crippen LogP contribution in [0.25, 0.3) is 12.2 Å². The van der Waals surface area contributed by atoms with Crippen molar-refractivity contribution in [3.63, 3.8) is 0 Å². The number of methoxy groups -OCH3 is 2. The maximum atomic E-state index is 5.90. The van der Waals surface area contributed by atoms with Crippen molar-refractivity contribution in [1.82, 2.24) is 0 Å². The minimum atomic E-state index is 0.216. The van der Waals surface area contributed by atoms with Crippen LogP contribution in [0.15, 0.2) is 30.3 Å². The third-order valence-corrected chi connectivity index (χ3v) is 3.40. The van der Waals surface area contributed by atoms with E-state index in [1.807, 2.05) is 42.5 Å². The molecular weight excluding hydrogens is 282 g/mol. The number of nitrogens with two attached hydrogens (primary N) is 1. The van der Waals surface area contributed by atoms with Crippen molar-refractivity contribution >= 4 is 17.8 Å². The Labute approximate surface area is 128 Å². The van der Waals surface area contributed by atoms with E-state index in [2.05, 4.69) is 0 Å². The molecule has 5 heteroatoms. The van der Waals surface area contributed by atoms with Crippen LogP contribution in [0.4, 0.5) is 5.69 Å². The number of fused-ring (bicyclic) bond motifs is 1. The summed E-state index contributed by atoms with van der Waals surface area (Å²) >= 11 is 0. The highest BCUT2D eigenvalue weighted by Gasteiger charge is 2.19. The molecule has 2 aromatic carbocycles. The van der Waals surface area contributed by atoms with Gasteiger partial charge in [0.15, 0.2) is 11.5 Å². The fourth-order valence-corrected chi connectivity index (χ4v) is 2.30.